The molecule has 246 valence electrons. The lowest BCUT2D eigenvalue weighted by atomic mass is 9.98. The molecule has 2 aromatic rings. The molecule has 0 spiro atoms. The summed E-state index contributed by atoms with van der Waals surface area (Å²) < 4.78 is 10.8. The lowest BCUT2D eigenvalue weighted by Gasteiger charge is -2.19. The summed E-state index contributed by atoms with van der Waals surface area (Å²) in [5.74, 6) is -1.78. The number of rotatable bonds is 19. The van der Waals surface area contributed by atoms with Crippen molar-refractivity contribution in [3.63, 3.8) is 0 Å². The van der Waals surface area contributed by atoms with E-state index in [1.165, 1.54) is 0 Å². The van der Waals surface area contributed by atoms with Crippen LogP contribution in [-0.2, 0) is 23.9 Å². The minimum absolute atomic E-state index is 0.0969. The van der Waals surface area contributed by atoms with Gasteiger partial charge in [-0.25, -0.2) is 9.59 Å². The van der Waals surface area contributed by atoms with Crippen molar-refractivity contribution in [1.29, 1.82) is 0 Å². The Bertz CT molecular complexity index is 1220. The Morgan fingerprint density at radius 3 is 1.76 bits per heavy atom. The number of hydrogen-bond donors (Lipinski definition) is 3. The van der Waals surface area contributed by atoms with E-state index in [9.17, 15) is 24.3 Å². The van der Waals surface area contributed by atoms with E-state index in [2.05, 4.69) is 22.8 Å². The van der Waals surface area contributed by atoms with Crippen LogP contribution in [0.2, 0.25) is 0 Å². The fourth-order valence-corrected chi connectivity index (χ4v) is 5.66. The monoisotopic (exact) mass is 622 g/mol. The van der Waals surface area contributed by atoms with Gasteiger partial charge in [-0.3, -0.25) is 9.59 Å². The number of carboxylic acid groups (broad SMARTS) is 1. The molecular weight excluding hydrogens is 572 g/mol. The second-order valence-electron chi connectivity index (χ2n) is 12.8. The first-order valence-corrected chi connectivity index (χ1v) is 16.4. The van der Waals surface area contributed by atoms with E-state index in [-0.39, 0.29) is 37.4 Å². The van der Waals surface area contributed by atoms with Crippen molar-refractivity contribution >= 4 is 23.9 Å². The van der Waals surface area contributed by atoms with Crippen LogP contribution in [0.3, 0.4) is 0 Å². The smallest absolute Gasteiger partial charge is 0.407 e. The molecule has 9 heteroatoms. The second kappa shape index (κ2) is 18.2. The van der Waals surface area contributed by atoms with E-state index in [4.69, 9.17) is 9.47 Å². The SMILES string of the molecule is CC(C)(C)OC(=O)CCCCCCCCCCCCC(=O)N[C@@H](CNC(=O)OCC1c2ccccc2-c2ccccc21)C(=O)O. The van der Waals surface area contributed by atoms with Crippen molar-refractivity contribution in [1.82, 2.24) is 10.6 Å². The Morgan fingerprint density at radius 2 is 1.24 bits per heavy atom. The molecule has 45 heavy (non-hydrogen) atoms. The quantitative estimate of drug-likeness (QED) is 0.112. The Kier molecular flexibility index (Phi) is 14.4. The number of hydrogen-bond acceptors (Lipinski definition) is 6. The molecule has 3 rings (SSSR count). The third-order valence-electron chi connectivity index (χ3n) is 7.88. The minimum atomic E-state index is -1.23. The van der Waals surface area contributed by atoms with Gasteiger partial charge in [0.05, 0.1) is 6.54 Å². The number of carbonyl (C=O) groups excluding carboxylic acids is 3. The standard InChI is InChI=1S/C36H50N2O7/c1-36(2,3)45-33(40)23-13-11-9-7-5-4-6-8-10-12-22-32(39)38-31(34(41)42)24-37-35(43)44-25-30-28-20-16-14-18-26(28)27-19-15-17-21-29(27)30/h14-21,30-31H,4-13,22-25H2,1-3H3,(H,37,43)(H,38,39)(H,41,42)/t31-/m0/s1. The van der Waals surface area contributed by atoms with Gasteiger partial charge < -0.3 is 25.2 Å². The summed E-state index contributed by atoms with van der Waals surface area (Å²) in [5.41, 5.74) is 4.00. The third-order valence-corrected chi connectivity index (χ3v) is 7.88. The number of esters is 1. The molecule has 0 aromatic heterocycles. The second-order valence-corrected chi connectivity index (χ2v) is 12.8. The van der Waals surface area contributed by atoms with E-state index >= 15 is 0 Å². The van der Waals surface area contributed by atoms with Gasteiger partial charge in [-0.15, -0.1) is 0 Å². The lowest BCUT2D eigenvalue weighted by Crippen LogP contribution is -2.48. The summed E-state index contributed by atoms with van der Waals surface area (Å²) >= 11 is 0. The van der Waals surface area contributed by atoms with Gasteiger partial charge in [-0.2, -0.15) is 0 Å². The first-order chi connectivity index (χ1) is 21.5. The fraction of sp³-hybridized carbons (Fsp3) is 0.556. The van der Waals surface area contributed by atoms with E-state index in [1.54, 1.807) is 0 Å². The maximum Gasteiger partial charge on any atom is 0.407 e. The average molecular weight is 623 g/mol. The highest BCUT2D eigenvalue weighted by Crippen LogP contribution is 2.44. The van der Waals surface area contributed by atoms with Crippen LogP contribution in [0.4, 0.5) is 4.79 Å². The van der Waals surface area contributed by atoms with Crippen molar-refractivity contribution in [2.24, 2.45) is 0 Å². The molecule has 0 fully saturated rings. The predicted molar refractivity (Wildman–Crippen MR) is 174 cm³/mol. The molecule has 3 N–H and O–H groups in total. The molecule has 9 nitrogen and oxygen atoms in total. The predicted octanol–water partition coefficient (Wildman–Crippen LogP) is 7.12. The molecule has 2 aromatic carbocycles. The van der Waals surface area contributed by atoms with Crippen molar-refractivity contribution < 1.29 is 33.8 Å². The molecule has 1 atom stereocenters. The molecule has 0 aliphatic heterocycles. The number of alkyl carbamates (subject to hydrolysis) is 1. The van der Waals surface area contributed by atoms with Crippen LogP contribution < -0.4 is 10.6 Å². The van der Waals surface area contributed by atoms with Crippen LogP contribution in [0.25, 0.3) is 11.1 Å². The van der Waals surface area contributed by atoms with Crippen LogP contribution in [0.15, 0.2) is 48.5 Å². The van der Waals surface area contributed by atoms with Crippen LogP contribution >= 0.6 is 0 Å². The Morgan fingerprint density at radius 1 is 0.756 bits per heavy atom. The van der Waals surface area contributed by atoms with Gasteiger partial charge in [0.15, 0.2) is 0 Å². The molecule has 2 amide bonds. The third kappa shape index (κ3) is 12.6. The van der Waals surface area contributed by atoms with Gasteiger partial charge in [0.1, 0.15) is 18.2 Å². The van der Waals surface area contributed by atoms with Gasteiger partial charge in [0.2, 0.25) is 5.91 Å². The summed E-state index contributed by atoms with van der Waals surface area (Å²) in [7, 11) is 0. The van der Waals surface area contributed by atoms with Crippen LogP contribution in [-0.4, -0.2) is 53.8 Å². The first kappa shape index (κ1) is 35.6. The summed E-state index contributed by atoms with van der Waals surface area (Å²) in [6.45, 7) is 5.50. The van der Waals surface area contributed by atoms with Gasteiger partial charge >= 0.3 is 18.0 Å². The van der Waals surface area contributed by atoms with E-state index < -0.39 is 23.7 Å². The highest BCUT2D eigenvalue weighted by atomic mass is 16.6. The van der Waals surface area contributed by atoms with E-state index in [0.29, 0.717) is 12.8 Å². The summed E-state index contributed by atoms with van der Waals surface area (Å²) in [5, 5.41) is 14.6. The van der Waals surface area contributed by atoms with Gasteiger partial charge in [-0.05, 0) is 55.9 Å². The molecule has 1 aliphatic rings. The highest BCUT2D eigenvalue weighted by molar-refractivity contribution is 5.84. The first-order valence-electron chi connectivity index (χ1n) is 16.4. The molecule has 0 radical (unpaired) electrons. The molecule has 0 heterocycles. The van der Waals surface area contributed by atoms with Crippen LogP contribution in [0.1, 0.15) is 115 Å². The number of aliphatic carboxylic acids is 1. The molecule has 0 bridgehead atoms. The highest BCUT2D eigenvalue weighted by Gasteiger charge is 2.29. The number of ether oxygens (including phenoxy) is 2. The maximum absolute atomic E-state index is 12.4. The Labute approximate surface area is 267 Å². The maximum atomic E-state index is 12.4. The molecule has 0 saturated carbocycles. The number of amides is 2. The Hall–Kier alpha value is -3.88. The van der Waals surface area contributed by atoms with Crippen molar-refractivity contribution in [3.05, 3.63) is 59.7 Å². The number of benzene rings is 2. The Balaban J connectivity index is 1.22. The zero-order valence-electron chi connectivity index (χ0n) is 27.1. The fourth-order valence-electron chi connectivity index (χ4n) is 5.66. The van der Waals surface area contributed by atoms with Crippen molar-refractivity contribution in [2.75, 3.05) is 13.2 Å². The largest absolute Gasteiger partial charge is 0.480 e. The van der Waals surface area contributed by atoms with E-state index in [1.807, 2.05) is 57.2 Å². The van der Waals surface area contributed by atoms with Crippen LogP contribution in [0.5, 0.6) is 0 Å². The normalized spacial score (nSPS) is 13.0. The lowest BCUT2D eigenvalue weighted by molar-refractivity contribution is -0.155. The zero-order valence-corrected chi connectivity index (χ0v) is 27.1. The van der Waals surface area contributed by atoms with E-state index in [0.717, 1.165) is 80.0 Å². The minimum Gasteiger partial charge on any atom is -0.480 e. The molecule has 0 saturated heterocycles. The van der Waals surface area contributed by atoms with Crippen molar-refractivity contribution in [3.8, 4) is 11.1 Å². The summed E-state index contributed by atoms with van der Waals surface area (Å²) in [6.07, 6.45) is 10.2. The number of nitrogens with one attached hydrogen (secondary N) is 2. The summed E-state index contributed by atoms with van der Waals surface area (Å²) in [6, 6.07) is 14.8. The number of carbonyl (C=O) groups is 4. The van der Waals surface area contributed by atoms with Crippen LogP contribution in [0, 0.1) is 0 Å². The molecule has 0 unspecified atom stereocenters. The van der Waals surface area contributed by atoms with Gasteiger partial charge in [-0.1, -0.05) is 99.9 Å². The molecular formula is C36H50N2O7. The zero-order chi connectivity index (χ0) is 32.7. The number of fused-ring (bicyclic) bond motifs is 3. The molecule has 1 aliphatic carbocycles. The average Bonchev–Trinajstić information content (AvgIpc) is 3.31. The van der Waals surface area contributed by atoms with Crippen molar-refractivity contribution in [2.45, 2.75) is 115 Å². The number of unbranched alkanes of at least 4 members (excludes halogenated alkanes) is 9. The number of carboxylic acids is 1. The van der Waals surface area contributed by atoms with Gasteiger partial charge in [0, 0.05) is 18.8 Å². The topological polar surface area (TPSA) is 131 Å². The summed E-state index contributed by atoms with van der Waals surface area (Å²) in [4.78, 5) is 48.2. The van der Waals surface area contributed by atoms with Gasteiger partial charge in [0.25, 0.3) is 0 Å².